The molecule has 8 nitrogen and oxygen atoms in total. The summed E-state index contributed by atoms with van der Waals surface area (Å²) in [5.41, 5.74) is 3.34. The number of aryl methyl sites for hydroxylation is 1. The minimum absolute atomic E-state index is 0.176. The fourth-order valence-electron chi connectivity index (χ4n) is 3.84. The van der Waals surface area contributed by atoms with E-state index in [1.165, 1.54) is 16.9 Å². The van der Waals surface area contributed by atoms with Crippen molar-refractivity contribution in [1.82, 2.24) is 24.6 Å². The minimum atomic E-state index is -0.257. The van der Waals surface area contributed by atoms with Gasteiger partial charge < -0.3 is 4.90 Å². The zero-order valence-corrected chi connectivity index (χ0v) is 17.9. The summed E-state index contributed by atoms with van der Waals surface area (Å²) in [4.78, 5) is 34.7. The van der Waals surface area contributed by atoms with Crippen LogP contribution < -0.4 is 10.9 Å². The quantitative estimate of drug-likeness (QED) is 0.510. The number of amides is 2. The highest BCUT2D eigenvalue weighted by Gasteiger charge is 2.20. The number of H-pyrrole nitrogens is 1. The largest absolute Gasteiger partial charge is 0.324 e. The molecule has 0 spiro atoms. The highest BCUT2D eigenvalue weighted by Crippen LogP contribution is 2.33. The van der Waals surface area contributed by atoms with Gasteiger partial charge >= 0.3 is 6.03 Å². The Morgan fingerprint density at radius 2 is 2.00 bits per heavy atom. The maximum Gasteiger partial charge on any atom is 0.324 e. The van der Waals surface area contributed by atoms with Crippen LogP contribution in [-0.2, 0) is 6.54 Å². The molecule has 4 aromatic rings. The van der Waals surface area contributed by atoms with Crippen molar-refractivity contribution in [2.75, 3.05) is 18.4 Å². The topological polar surface area (TPSA) is 95.9 Å². The fraction of sp³-hybridized carbons (Fsp3) is 0.273. The van der Waals surface area contributed by atoms with Crippen molar-refractivity contribution in [2.24, 2.45) is 0 Å². The Labute approximate surface area is 182 Å². The number of thiophene rings is 1. The third-order valence-electron chi connectivity index (χ3n) is 5.40. The Morgan fingerprint density at radius 1 is 1.23 bits per heavy atom. The number of hydrogen-bond acceptors (Lipinski definition) is 5. The molecule has 1 aliphatic heterocycles. The molecule has 0 atom stereocenters. The van der Waals surface area contributed by atoms with Gasteiger partial charge in [0, 0.05) is 29.7 Å². The third kappa shape index (κ3) is 3.96. The van der Waals surface area contributed by atoms with Crippen molar-refractivity contribution in [1.29, 1.82) is 0 Å². The number of carbonyl (C=O) groups excluding carboxylic acids is 1. The number of nitrogens with zero attached hydrogens (tertiary/aromatic N) is 4. The van der Waals surface area contributed by atoms with E-state index in [1.54, 1.807) is 4.90 Å². The molecule has 5 rings (SSSR count). The normalized spacial score (nSPS) is 13.8. The molecule has 0 aliphatic carbocycles. The van der Waals surface area contributed by atoms with Crippen LogP contribution in [0.1, 0.15) is 24.1 Å². The number of fused-ring (bicyclic) bond motifs is 1. The van der Waals surface area contributed by atoms with Gasteiger partial charge in [-0.25, -0.2) is 9.78 Å². The van der Waals surface area contributed by atoms with E-state index in [1.807, 2.05) is 42.1 Å². The molecule has 0 bridgehead atoms. The van der Waals surface area contributed by atoms with E-state index in [2.05, 4.69) is 32.5 Å². The van der Waals surface area contributed by atoms with Crippen LogP contribution in [0.5, 0.6) is 0 Å². The molecule has 3 aromatic heterocycles. The summed E-state index contributed by atoms with van der Waals surface area (Å²) in [6.07, 6.45) is 4.00. The van der Waals surface area contributed by atoms with Gasteiger partial charge in [0.05, 0.1) is 17.8 Å². The van der Waals surface area contributed by atoms with E-state index in [0.29, 0.717) is 16.8 Å². The average Bonchev–Trinajstić information content (AvgIpc) is 3.48. The molecule has 0 unspecified atom stereocenters. The van der Waals surface area contributed by atoms with Gasteiger partial charge in [-0.15, -0.1) is 11.3 Å². The molecule has 31 heavy (non-hydrogen) atoms. The molecule has 2 N–H and O–H groups in total. The van der Waals surface area contributed by atoms with E-state index in [4.69, 9.17) is 0 Å². The summed E-state index contributed by atoms with van der Waals surface area (Å²) in [7, 11) is 0. The highest BCUT2D eigenvalue weighted by molar-refractivity contribution is 7.22. The molecule has 1 aromatic carbocycles. The molecule has 1 saturated heterocycles. The second kappa shape index (κ2) is 7.99. The number of nitrogens with one attached hydrogen (secondary N) is 2. The maximum atomic E-state index is 12.6. The molecule has 1 fully saturated rings. The van der Waals surface area contributed by atoms with Crippen LogP contribution in [0.2, 0.25) is 0 Å². The number of aromatic amines is 1. The molecule has 4 heterocycles. The smallest absolute Gasteiger partial charge is 0.324 e. The third-order valence-corrected chi connectivity index (χ3v) is 6.56. The molecule has 0 radical (unpaired) electrons. The summed E-state index contributed by atoms with van der Waals surface area (Å²) in [5.74, 6) is 0.176. The first-order valence-corrected chi connectivity index (χ1v) is 11.1. The van der Waals surface area contributed by atoms with E-state index in [9.17, 15) is 9.59 Å². The summed E-state index contributed by atoms with van der Waals surface area (Å²) < 4.78 is 2.44. The Bertz CT molecular complexity index is 1300. The first-order valence-electron chi connectivity index (χ1n) is 10.2. The van der Waals surface area contributed by atoms with Gasteiger partial charge in [-0.2, -0.15) is 5.10 Å². The van der Waals surface area contributed by atoms with Crippen molar-refractivity contribution in [3.05, 3.63) is 64.2 Å². The number of rotatable bonds is 4. The monoisotopic (exact) mass is 434 g/mol. The van der Waals surface area contributed by atoms with Crippen LogP contribution in [0.15, 0.2) is 47.4 Å². The lowest BCUT2D eigenvalue weighted by Gasteiger charge is -2.15. The summed E-state index contributed by atoms with van der Waals surface area (Å²) in [6.45, 7) is 4.10. The van der Waals surface area contributed by atoms with Gasteiger partial charge in [0.25, 0.3) is 5.56 Å². The van der Waals surface area contributed by atoms with Crippen molar-refractivity contribution in [2.45, 2.75) is 26.3 Å². The van der Waals surface area contributed by atoms with Crippen molar-refractivity contribution in [3.8, 4) is 10.4 Å². The predicted octanol–water partition coefficient (Wildman–Crippen LogP) is 3.83. The SMILES string of the molecule is Cc1nn(Cc2ccccc2)cc1-c1cc2nc(NC(=O)N3CCCC3)[nH]c(=O)c2s1. The van der Waals surface area contributed by atoms with Crippen molar-refractivity contribution >= 4 is 33.5 Å². The first-order chi connectivity index (χ1) is 15.1. The van der Waals surface area contributed by atoms with Gasteiger partial charge in [-0.1, -0.05) is 30.3 Å². The summed E-state index contributed by atoms with van der Waals surface area (Å²) >= 11 is 1.38. The van der Waals surface area contributed by atoms with Crippen LogP contribution in [-0.4, -0.2) is 43.8 Å². The van der Waals surface area contributed by atoms with E-state index < -0.39 is 0 Å². The second-order valence-corrected chi connectivity index (χ2v) is 8.73. The number of carbonyl (C=O) groups is 1. The van der Waals surface area contributed by atoms with E-state index in [-0.39, 0.29) is 17.5 Å². The van der Waals surface area contributed by atoms with Gasteiger partial charge in [0.2, 0.25) is 5.95 Å². The lowest BCUT2D eigenvalue weighted by molar-refractivity contribution is 0.222. The Morgan fingerprint density at radius 3 is 2.77 bits per heavy atom. The second-order valence-electron chi connectivity index (χ2n) is 7.68. The maximum absolute atomic E-state index is 12.6. The molecule has 0 saturated carbocycles. The molecule has 1 aliphatic rings. The minimum Gasteiger partial charge on any atom is -0.324 e. The van der Waals surface area contributed by atoms with Gasteiger partial charge in [-0.05, 0) is 31.4 Å². The zero-order chi connectivity index (χ0) is 21.4. The van der Waals surface area contributed by atoms with Crippen molar-refractivity contribution in [3.63, 3.8) is 0 Å². The van der Waals surface area contributed by atoms with Crippen LogP contribution in [0.3, 0.4) is 0 Å². The highest BCUT2D eigenvalue weighted by atomic mass is 32.1. The fourth-order valence-corrected chi connectivity index (χ4v) is 4.90. The average molecular weight is 435 g/mol. The summed E-state index contributed by atoms with van der Waals surface area (Å²) in [6, 6.07) is 11.8. The Hall–Kier alpha value is -3.46. The lowest BCUT2D eigenvalue weighted by atomic mass is 10.2. The van der Waals surface area contributed by atoms with Crippen LogP contribution >= 0.6 is 11.3 Å². The molecular weight excluding hydrogens is 412 g/mol. The first kappa shape index (κ1) is 19.5. The van der Waals surface area contributed by atoms with Crippen LogP contribution in [0.25, 0.3) is 20.7 Å². The van der Waals surface area contributed by atoms with E-state index in [0.717, 1.165) is 42.1 Å². The molecular formula is C22H22N6O2S. The number of anilines is 1. The van der Waals surface area contributed by atoms with Crippen molar-refractivity contribution < 1.29 is 4.79 Å². The molecule has 9 heteroatoms. The van der Waals surface area contributed by atoms with Gasteiger partial charge in [-0.3, -0.25) is 19.8 Å². The van der Waals surface area contributed by atoms with Gasteiger partial charge in [0.1, 0.15) is 4.70 Å². The zero-order valence-electron chi connectivity index (χ0n) is 17.1. The predicted molar refractivity (Wildman–Crippen MR) is 122 cm³/mol. The lowest BCUT2D eigenvalue weighted by Crippen LogP contribution is -2.33. The molecule has 2 amide bonds. The Kier molecular flexibility index (Phi) is 5.03. The number of hydrogen-bond donors (Lipinski definition) is 2. The summed E-state index contributed by atoms with van der Waals surface area (Å²) in [5, 5.41) is 7.35. The number of benzene rings is 1. The standard InChI is InChI=1S/C22H22N6O2S/c1-14-16(13-28(26-14)12-15-7-3-2-4-8-15)18-11-17-19(31-18)20(29)24-21(23-17)25-22(30)27-9-5-6-10-27/h2-4,7-8,11,13H,5-6,9-10,12H2,1H3,(H2,23,24,25,29,30). The number of aromatic nitrogens is 4. The number of urea groups is 1. The number of likely N-dealkylation sites (tertiary alicyclic amines) is 1. The van der Waals surface area contributed by atoms with E-state index >= 15 is 0 Å². The molecule has 158 valence electrons. The van der Waals surface area contributed by atoms with Gasteiger partial charge in [0.15, 0.2) is 0 Å². The van der Waals surface area contributed by atoms with Crippen LogP contribution in [0, 0.1) is 6.92 Å². The Balaban J connectivity index is 1.43. The van der Waals surface area contributed by atoms with Crippen LogP contribution in [0.4, 0.5) is 10.7 Å².